The fourth-order valence-corrected chi connectivity index (χ4v) is 3.38. The van der Waals surface area contributed by atoms with Gasteiger partial charge in [0, 0.05) is 42.2 Å². The van der Waals surface area contributed by atoms with E-state index in [0.717, 1.165) is 17.3 Å². The minimum Gasteiger partial charge on any atom is -0.486 e. The molecule has 3 rings (SSSR count). The molecule has 0 saturated carbocycles. The second kappa shape index (κ2) is 7.95. The van der Waals surface area contributed by atoms with Gasteiger partial charge >= 0.3 is 6.03 Å². The number of ether oxygens (including phenoxy) is 2. The number of nitrogens with zero attached hydrogens (tertiary/aromatic N) is 1. The Hall–Kier alpha value is -1.96. The highest BCUT2D eigenvalue weighted by atomic mass is 79.9. The molecular weight excluding hydrogens is 390 g/mol. The first-order valence-corrected chi connectivity index (χ1v) is 9.30. The van der Waals surface area contributed by atoms with Crippen molar-refractivity contribution in [3.05, 3.63) is 16.6 Å². The summed E-state index contributed by atoms with van der Waals surface area (Å²) in [7, 11) is 0. The van der Waals surface area contributed by atoms with Crippen LogP contribution in [0.15, 0.2) is 16.6 Å². The van der Waals surface area contributed by atoms with E-state index in [2.05, 4.69) is 26.6 Å². The van der Waals surface area contributed by atoms with Gasteiger partial charge in [0.05, 0.1) is 5.69 Å². The van der Waals surface area contributed by atoms with Crippen molar-refractivity contribution in [2.45, 2.75) is 32.2 Å². The molecule has 1 saturated heterocycles. The van der Waals surface area contributed by atoms with Crippen LogP contribution in [0.3, 0.4) is 0 Å². The summed E-state index contributed by atoms with van der Waals surface area (Å²) in [5.41, 5.74) is 0.633. The maximum atomic E-state index is 12.6. The minimum atomic E-state index is -0.187. The molecule has 1 atom stereocenters. The van der Waals surface area contributed by atoms with Crippen molar-refractivity contribution in [1.29, 1.82) is 0 Å². The second-order valence-electron chi connectivity index (χ2n) is 6.11. The van der Waals surface area contributed by atoms with Crippen LogP contribution in [0.25, 0.3) is 0 Å². The Morgan fingerprint density at radius 1 is 1.28 bits per heavy atom. The van der Waals surface area contributed by atoms with Crippen molar-refractivity contribution in [1.82, 2.24) is 10.2 Å². The molecule has 25 heavy (non-hydrogen) atoms. The zero-order valence-corrected chi connectivity index (χ0v) is 15.7. The Morgan fingerprint density at radius 3 is 2.72 bits per heavy atom. The van der Waals surface area contributed by atoms with Crippen LogP contribution in [0.5, 0.6) is 11.5 Å². The Balaban J connectivity index is 1.64. The standard InChI is InChI=1S/C17H22BrN3O4/c1-2-16(22)19-11-4-3-5-21(10-11)17(23)20-13-9-15-14(8-12(13)18)24-6-7-25-15/h8-9,11H,2-7,10H2,1H3,(H,19,22)(H,20,23). The molecule has 1 aromatic carbocycles. The summed E-state index contributed by atoms with van der Waals surface area (Å²) in [4.78, 5) is 25.9. The smallest absolute Gasteiger partial charge is 0.321 e. The molecule has 1 unspecified atom stereocenters. The van der Waals surface area contributed by atoms with Crippen LogP contribution >= 0.6 is 15.9 Å². The summed E-state index contributed by atoms with van der Waals surface area (Å²) in [6.07, 6.45) is 2.21. The fraction of sp³-hybridized carbons (Fsp3) is 0.529. The lowest BCUT2D eigenvalue weighted by Crippen LogP contribution is -2.50. The lowest BCUT2D eigenvalue weighted by atomic mass is 10.1. The first kappa shape index (κ1) is 17.8. The number of carbonyl (C=O) groups is 2. The van der Waals surface area contributed by atoms with Crippen molar-refractivity contribution in [2.75, 3.05) is 31.6 Å². The minimum absolute atomic E-state index is 0.00987. The van der Waals surface area contributed by atoms with Gasteiger partial charge in [-0.15, -0.1) is 0 Å². The summed E-state index contributed by atoms with van der Waals surface area (Å²) < 4.78 is 11.8. The molecule has 136 valence electrons. The number of nitrogens with one attached hydrogen (secondary N) is 2. The largest absolute Gasteiger partial charge is 0.486 e. The molecule has 3 amide bonds. The van der Waals surface area contributed by atoms with E-state index < -0.39 is 0 Å². The average molecular weight is 412 g/mol. The van der Waals surface area contributed by atoms with Gasteiger partial charge in [-0.1, -0.05) is 6.92 Å². The highest BCUT2D eigenvalue weighted by molar-refractivity contribution is 9.10. The van der Waals surface area contributed by atoms with Gasteiger partial charge in [-0.05, 0) is 28.8 Å². The molecule has 0 radical (unpaired) electrons. The van der Waals surface area contributed by atoms with E-state index >= 15 is 0 Å². The third-order valence-corrected chi connectivity index (χ3v) is 4.92. The van der Waals surface area contributed by atoms with Gasteiger partial charge in [0.2, 0.25) is 5.91 Å². The van der Waals surface area contributed by atoms with Crippen molar-refractivity contribution in [2.24, 2.45) is 0 Å². The number of hydrogen-bond acceptors (Lipinski definition) is 4. The summed E-state index contributed by atoms with van der Waals surface area (Å²) in [6, 6.07) is 3.38. The average Bonchev–Trinajstić information content (AvgIpc) is 2.62. The number of rotatable bonds is 3. The van der Waals surface area contributed by atoms with E-state index in [9.17, 15) is 9.59 Å². The Kier molecular flexibility index (Phi) is 5.67. The number of halogens is 1. The number of fused-ring (bicyclic) bond motifs is 1. The molecule has 0 bridgehead atoms. The molecular formula is C17H22BrN3O4. The highest BCUT2D eigenvalue weighted by Crippen LogP contribution is 2.38. The van der Waals surface area contributed by atoms with Gasteiger partial charge in [0.25, 0.3) is 0 Å². The molecule has 1 aromatic rings. The molecule has 7 nitrogen and oxygen atoms in total. The summed E-state index contributed by atoms with van der Waals surface area (Å²) in [5.74, 6) is 1.30. The van der Waals surface area contributed by atoms with Crippen molar-refractivity contribution in [3.63, 3.8) is 0 Å². The van der Waals surface area contributed by atoms with Crippen molar-refractivity contribution in [3.8, 4) is 11.5 Å². The van der Waals surface area contributed by atoms with Crippen molar-refractivity contribution >= 4 is 33.6 Å². The van der Waals surface area contributed by atoms with Gasteiger partial charge in [-0.2, -0.15) is 0 Å². The highest BCUT2D eigenvalue weighted by Gasteiger charge is 2.25. The van der Waals surface area contributed by atoms with Crippen molar-refractivity contribution < 1.29 is 19.1 Å². The molecule has 1 fully saturated rings. The summed E-state index contributed by atoms with van der Waals surface area (Å²) >= 11 is 3.46. The first-order valence-electron chi connectivity index (χ1n) is 8.51. The monoisotopic (exact) mass is 411 g/mol. The summed E-state index contributed by atoms with van der Waals surface area (Å²) in [5, 5.41) is 5.87. The predicted molar refractivity (Wildman–Crippen MR) is 97.2 cm³/mol. The van der Waals surface area contributed by atoms with Gasteiger partial charge < -0.3 is 25.0 Å². The quantitative estimate of drug-likeness (QED) is 0.800. The zero-order chi connectivity index (χ0) is 17.8. The fourth-order valence-electron chi connectivity index (χ4n) is 2.96. The number of amides is 3. The number of urea groups is 1. The Morgan fingerprint density at radius 2 is 2.00 bits per heavy atom. The number of benzene rings is 1. The number of piperidine rings is 1. The van der Waals surface area contributed by atoms with Crippen LogP contribution in [0, 0.1) is 0 Å². The molecule has 2 N–H and O–H groups in total. The molecule has 8 heteroatoms. The van der Waals surface area contributed by atoms with Gasteiger partial charge in [-0.25, -0.2) is 4.79 Å². The lowest BCUT2D eigenvalue weighted by Gasteiger charge is -2.33. The van der Waals surface area contributed by atoms with Crippen LogP contribution in [0.2, 0.25) is 0 Å². The van der Waals surface area contributed by atoms with Crippen LogP contribution in [-0.2, 0) is 4.79 Å². The van der Waals surface area contributed by atoms with E-state index in [1.165, 1.54) is 0 Å². The molecule has 2 aliphatic heterocycles. The summed E-state index contributed by atoms with van der Waals surface area (Å²) in [6.45, 7) is 4.02. The molecule has 0 spiro atoms. The normalized spacial score (nSPS) is 19.3. The van der Waals surface area contributed by atoms with E-state index in [4.69, 9.17) is 9.47 Å². The Labute approximate surface area is 155 Å². The molecule has 2 heterocycles. The second-order valence-corrected chi connectivity index (χ2v) is 6.97. The Bertz CT molecular complexity index is 668. The number of anilines is 1. The van der Waals surface area contributed by atoms with E-state index in [0.29, 0.717) is 49.9 Å². The predicted octanol–water partition coefficient (Wildman–Crippen LogP) is 2.74. The zero-order valence-electron chi connectivity index (χ0n) is 14.1. The number of carbonyl (C=O) groups excluding carboxylic acids is 2. The van der Waals surface area contributed by atoms with Crippen LogP contribution < -0.4 is 20.1 Å². The maximum absolute atomic E-state index is 12.6. The SMILES string of the molecule is CCC(=O)NC1CCCN(C(=O)Nc2cc3c(cc2Br)OCCO3)C1. The topological polar surface area (TPSA) is 79.9 Å². The molecule has 0 aliphatic carbocycles. The van der Waals surface area contributed by atoms with E-state index in [1.807, 2.05) is 6.92 Å². The maximum Gasteiger partial charge on any atom is 0.321 e. The van der Waals surface area contributed by atoms with E-state index in [-0.39, 0.29) is 18.0 Å². The molecule has 2 aliphatic rings. The number of likely N-dealkylation sites (tertiary alicyclic amines) is 1. The van der Waals surface area contributed by atoms with Gasteiger partial charge in [-0.3, -0.25) is 4.79 Å². The van der Waals surface area contributed by atoms with Gasteiger partial charge in [0.1, 0.15) is 13.2 Å². The lowest BCUT2D eigenvalue weighted by molar-refractivity contribution is -0.121. The third-order valence-electron chi connectivity index (χ3n) is 4.27. The first-order chi connectivity index (χ1) is 12.1. The molecule has 0 aromatic heterocycles. The third kappa shape index (κ3) is 4.36. The van der Waals surface area contributed by atoms with Gasteiger partial charge in [0.15, 0.2) is 11.5 Å². The number of hydrogen-bond donors (Lipinski definition) is 2. The van der Waals surface area contributed by atoms with Crippen LogP contribution in [0.4, 0.5) is 10.5 Å². The van der Waals surface area contributed by atoms with Crippen LogP contribution in [0.1, 0.15) is 26.2 Å². The van der Waals surface area contributed by atoms with E-state index in [1.54, 1.807) is 17.0 Å². The van der Waals surface area contributed by atoms with Crippen LogP contribution in [-0.4, -0.2) is 49.2 Å².